The van der Waals surface area contributed by atoms with E-state index in [0.29, 0.717) is 30.6 Å². The molecule has 0 amide bonds. The van der Waals surface area contributed by atoms with Gasteiger partial charge in [-0.2, -0.15) is 0 Å². The Balaban J connectivity index is 1.36. The van der Waals surface area contributed by atoms with Crippen LogP contribution in [0.15, 0.2) is 30.5 Å². The number of aliphatic carboxylic acids is 1. The van der Waals surface area contributed by atoms with Crippen LogP contribution in [0.5, 0.6) is 5.75 Å². The van der Waals surface area contributed by atoms with E-state index in [-0.39, 0.29) is 11.7 Å². The van der Waals surface area contributed by atoms with Crippen molar-refractivity contribution in [3.8, 4) is 5.75 Å². The van der Waals surface area contributed by atoms with E-state index < -0.39 is 67.9 Å². The summed E-state index contributed by atoms with van der Waals surface area (Å²) in [5.41, 5.74) is 1.20. The molecule has 12 heteroatoms. The van der Waals surface area contributed by atoms with E-state index in [1.165, 1.54) is 6.26 Å². The maximum Gasteiger partial charge on any atom is 0.317 e. The highest BCUT2D eigenvalue weighted by Gasteiger charge is 2.47. The number of methoxy groups -OCH3 is 1. The van der Waals surface area contributed by atoms with Crippen LogP contribution in [0.1, 0.15) is 31.2 Å². The summed E-state index contributed by atoms with van der Waals surface area (Å²) in [5, 5.41) is 39.5. The molecule has 1 saturated carbocycles. The minimum atomic E-state index is -1.65. The molecule has 2 heterocycles. The number of rotatable bonds is 8. The van der Waals surface area contributed by atoms with Gasteiger partial charge < -0.3 is 44.1 Å². The molecule has 0 radical (unpaired) electrons. The molecule has 1 saturated heterocycles. The Morgan fingerprint density at radius 1 is 1.05 bits per heavy atom. The van der Waals surface area contributed by atoms with Crippen molar-refractivity contribution in [2.75, 3.05) is 13.7 Å². The summed E-state index contributed by atoms with van der Waals surface area (Å²) >= 11 is 0. The molecule has 3 aliphatic rings. The number of allylic oxidation sites excluding steroid dienone is 1. The molecule has 2 aliphatic heterocycles. The van der Waals surface area contributed by atoms with Crippen molar-refractivity contribution in [1.29, 1.82) is 0 Å². The first kappa shape index (κ1) is 27.0. The van der Waals surface area contributed by atoms with Crippen molar-refractivity contribution in [2.24, 2.45) is 5.92 Å². The summed E-state index contributed by atoms with van der Waals surface area (Å²) < 4.78 is 27.3. The number of carbonyl (C=O) groups is 3. The van der Waals surface area contributed by atoms with Crippen molar-refractivity contribution < 1.29 is 58.5 Å². The Labute approximate surface area is 212 Å². The fraction of sp³-hybridized carbons (Fsp3) is 0.560. The summed E-state index contributed by atoms with van der Waals surface area (Å²) in [6.45, 7) is -0.539. The SMILES string of the molecule is COc1ccc(C2=COC3CC(O[C@@H]4O[C@H](COC(=O)CC(=O)O)[C@@H](O)[C@H](O)[C@H]4O)CCC3C2=O)cc1. The number of esters is 1. The normalized spacial score (nSPS) is 33.5. The number of hydrogen-bond donors (Lipinski definition) is 4. The third-order valence-corrected chi connectivity index (χ3v) is 6.81. The molecule has 37 heavy (non-hydrogen) atoms. The van der Waals surface area contributed by atoms with Crippen LogP contribution in [0.2, 0.25) is 0 Å². The summed E-state index contributed by atoms with van der Waals surface area (Å²) in [5.74, 6) is -2.14. The van der Waals surface area contributed by atoms with Gasteiger partial charge in [0.05, 0.1) is 31.0 Å². The monoisotopic (exact) mass is 522 g/mol. The van der Waals surface area contributed by atoms with Crippen LogP contribution >= 0.6 is 0 Å². The van der Waals surface area contributed by atoms with Crippen molar-refractivity contribution in [3.05, 3.63) is 36.1 Å². The number of benzene rings is 1. The third kappa shape index (κ3) is 6.11. The van der Waals surface area contributed by atoms with Crippen LogP contribution in [-0.2, 0) is 33.3 Å². The van der Waals surface area contributed by atoms with Crippen LogP contribution in [0.3, 0.4) is 0 Å². The lowest BCUT2D eigenvalue weighted by Crippen LogP contribution is -2.60. The predicted molar refractivity (Wildman–Crippen MR) is 123 cm³/mol. The number of carboxylic acids is 1. The van der Waals surface area contributed by atoms with Gasteiger partial charge in [0, 0.05) is 6.42 Å². The van der Waals surface area contributed by atoms with Crippen LogP contribution in [-0.4, -0.2) is 94.8 Å². The molecule has 1 aliphatic carbocycles. The lowest BCUT2D eigenvalue weighted by atomic mass is 9.78. The van der Waals surface area contributed by atoms with Crippen molar-refractivity contribution in [2.45, 2.75) is 68.6 Å². The second kappa shape index (κ2) is 11.6. The lowest BCUT2D eigenvalue weighted by Gasteiger charge is -2.43. The quantitative estimate of drug-likeness (QED) is 0.266. The minimum Gasteiger partial charge on any atom is -0.497 e. The molecular formula is C25H30O12. The minimum absolute atomic E-state index is 0.0318. The predicted octanol–water partition coefficient (Wildman–Crippen LogP) is 0.0148. The number of ether oxygens (including phenoxy) is 5. The van der Waals surface area contributed by atoms with Crippen LogP contribution in [0.4, 0.5) is 0 Å². The van der Waals surface area contributed by atoms with Gasteiger partial charge in [0.1, 0.15) is 49.3 Å². The van der Waals surface area contributed by atoms with Gasteiger partial charge in [-0.05, 0) is 30.5 Å². The van der Waals surface area contributed by atoms with E-state index in [1.807, 2.05) is 0 Å². The Hall–Kier alpha value is -3.03. The number of carbonyl (C=O) groups excluding carboxylic acids is 2. The number of aliphatic hydroxyl groups is 3. The van der Waals surface area contributed by atoms with E-state index in [9.17, 15) is 29.7 Å². The molecule has 1 aromatic carbocycles. The number of ketones is 1. The van der Waals surface area contributed by atoms with Crippen molar-refractivity contribution >= 4 is 23.3 Å². The molecule has 2 fully saturated rings. The van der Waals surface area contributed by atoms with Gasteiger partial charge in [-0.15, -0.1) is 0 Å². The van der Waals surface area contributed by atoms with Crippen LogP contribution < -0.4 is 4.74 Å². The third-order valence-electron chi connectivity index (χ3n) is 6.81. The maximum absolute atomic E-state index is 13.2. The molecular weight excluding hydrogens is 492 g/mol. The maximum atomic E-state index is 13.2. The first-order valence-corrected chi connectivity index (χ1v) is 11.9. The first-order valence-electron chi connectivity index (χ1n) is 11.9. The highest BCUT2D eigenvalue weighted by molar-refractivity contribution is 6.22. The zero-order valence-corrected chi connectivity index (χ0v) is 20.1. The van der Waals surface area contributed by atoms with Gasteiger partial charge in [-0.25, -0.2) is 0 Å². The highest BCUT2D eigenvalue weighted by Crippen LogP contribution is 2.38. The Kier molecular flexibility index (Phi) is 8.45. The van der Waals surface area contributed by atoms with E-state index in [0.717, 1.165) is 5.56 Å². The number of fused-ring (bicyclic) bond motifs is 1. The Morgan fingerprint density at radius 3 is 2.46 bits per heavy atom. The van der Waals surface area contributed by atoms with E-state index in [4.69, 9.17) is 28.8 Å². The molecule has 202 valence electrons. The summed E-state index contributed by atoms with van der Waals surface area (Å²) in [7, 11) is 1.56. The van der Waals surface area contributed by atoms with Gasteiger partial charge in [0.15, 0.2) is 12.1 Å². The Morgan fingerprint density at radius 2 is 1.78 bits per heavy atom. The molecule has 0 spiro atoms. The average Bonchev–Trinajstić information content (AvgIpc) is 2.88. The first-order chi connectivity index (χ1) is 17.7. The fourth-order valence-corrected chi connectivity index (χ4v) is 4.77. The smallest absolute Gasteiger partial charge is 0.317 e. The van der Waals surface area contributed by atoms with Crippen molar-refractivity contribution in [3.63, 3.8) is 0 Å². The number of aliphatic hydroxyl groups excluding tert-OH is 3. The van der Waals surface area contributed by atoms with Crippen LogP contribution in [0, 0.1) is 5.92 Å². The molecule has 4 rings (SSSR count). The zero-order chi connectivity index (χ0) is 26.7. The standard InChI is InChI=1S/C25H30O12/c1-33-13-4-2-12(3-5-13)16-10-34-17-8-14(6-7-15(17)21(16)29)36-25-24(32)23(31)22(30)18(37-25)11-35-20(28)9-19(26)27/h2-5,10,14-15,17-18,22-25,30-32H,6-9,11H2,1H3,(H,26,27)/t14?,15?,17?,18-,22-,23+,24-,25-/m1/s1. The molecule has 3 unspecified atom stereocenters. The van der Waals surface area contributed by atoms with Gasteiger partial charge in [0.25, 0.3) is 0 Å². The molecule has 4 N–H and O–H groups in total. The largest absolute Gasteiger partial charge is 0.497 e. The molecule has 8 atom stereocenters. The molecule has 0 bridgehead atoms. The second-order valence-corrected chi connectivity index (χ2v) is 9.24. The molecule has 0 aromatic heterocycles. The van der Waals surface area contributed by atoms with Crippen LogP contribution in [0.25, 0.3) is 5.57 Å². The average molecular weight is 523 g/mol. The van der Waals surface area contributed by atoms with Gasteiger partial charge in [-0.3, -0.25) is 14.4 Å². The number of hydrogen-bond acceptors (Lipinski definition) is 11. The molecule has 12 nitrogen and oxygen atoms in total. The molecule has 1 aromatic rings. The number of Topliss-reactive ketones (excluding diaryl/α,β-unsaturated/α-hetero) is 1. The summed E-state index contributed by atoms with van der Waals surface area (Å²) in [4.78, 5) is 35.3. The Bertz CT molecular complexity index is 1020. The van der Waals surface area contributed by atoms with Gasteiger partial charge >= 0.3 is 11.9 Å². The lowest BCUT2D eigenvalue weighted by molar-refractivity contribution is -0.315. The van der Waals surface area contributed by atoms with E-state index >= 15 is 0 Å². The van der Waals surface area contributed by atoms with Crippen molar-refractivity contribution in [1.82, 2.24) is 0 Å². The number of carboxylic acid groups (broad SMARTS) is 1. The summed E-state index contributed by atoms with van der Waals surface area (Å²) in [6.07, 6.45) is -6.55. The second-order valence-electron chi connectivity index (χ2n) is 9.24. The van der Waals surface area contributed by atoms with Gasteiger partial charge in [-0.1, -0.05) is 12.1 Å². The summed E-state index contributed by atoms with van der Waals surface area (Å²) in [6, 6.07) is 7.11. The zero-order valence-electron chi connectivity index (χ0n) is 20.1. The van der Waals surface area contributed by atoms with E-state index in [1.54, 1.807) is 31.4 Å². The fourth-order valence-electron chi connectivity index (χ4n) is 4.77. The van der Waals surface area contributed by atoms with Gasteiger partial charge in [0.2, 0.25) is 0 Å². The topological polar surface area (TPSA) is 178 Å². The van der Waals surface area contributed by atoms with E-state index in [2.05, 4.69) is 0 Å². The highest BCUT2D eigenvalue weighted by atomic mass is 16.7.